The first-order valence-corrected chi connectivity index (χ1v) is 12.9. The maximum absolute atomic E-state index is 13.9. The molecule has 7 nitrogen and oxygen atoms in total. The van der Waals surface area contributed by atoms with Crippen LogP contribution < -0.4 is 10.9 Å². The Bertz CT molecular complexity index is 1340. The van der Waals surface area contributed by atoms with Crippen molar-refractivity contribution < 1.29 is 18.7 Å². The number of halogens is 1. The summed E-state index contributed by atoms with van der Waals surface area (Å²) in [6, 6.07) is 8.25. The molecular weight excluding hydrogens is 485 g/mol. The highest BCUT2D eigenvalue weighted by Crippen LogP contribution is 2.30. The fourth-order valence-electron chi connectivity index (χ4n) is 4.66. The molecule has 0 saturated carbocycles. The summed E-state index contributed by atoms with van der Waals surface area (Å²) in [5.74, 6) is -1.01. The molecular formula is C30H36FN3O4. The Morgan fingerprint density at radius 3 is 2.37 bits per heavy atom. The molecule has 2 aromatic heterocycles. The van der Waals surface area contributed by atoms with E-state index in [0.29, 0.717) is 17.7 Å². The predicted octanol–water partition coefficient (Wildman–Crippen LogP) is 5.37. The van der Waals surface area contributed by atoms with Gasteiger partial charge in [-0.25, -0.2) is 4.39 Å². The first kappa shape index (κ1) is 28.8. The Kier molecular flexibility index (Phi) is 9.55. The van der Waals surface area contributed by atoms with E-state index in [1.807, 2.05) is 34.6 Å². The molecule has 8 heteroatoms. The van der Waals surface area contributed by atoms with Crippen molar-refractivity contribution in [1.29, 1.82) is 0 Å². The van der Waals surface area contributed by atoms with Crippen molar-refractivity contribution in [3.63, 3.8) is 0 Å². The predicted molar refractivity (Wildman–Crippen MR) is 145 cm³/mol. The van der Waals surface area contributed by atoms with E-state index in [9.17, 15) is 18.8 Å². The first-order chi connectivity index (χ1) is 18.0. The van der Waals surface area contributed by atoms with Gasteiger partial charge < -0.3 is 14.6 Å². The Morgan fingerprint density at radius 2 is 1.76 bits per heavy atom. The van der Waals surface area contributed by atoms with Crippen molar-refractivity contribution in [2.75, 3.05) is 6.61 Å². The molecule has 1 aromatic carbocycles. The smallest absolute Gasteiger partial charge is 0.308 e. The van der Waals surface area contributed by atoms with Crippen molar-refractivity contribution in [2.45, 2.75) is 66.5 Å². The topological polar surface area (TPSA) is 90.3 Å². The second-order valence-corrected chi connectivity index (χ2v) is 10.1. The number of nitrogens with one attached hydrogen (secondary N) is 1. The molecule has 0 spiro atoms. The van der Waals surface area contributed by atoms with Crippen LogP contribution >= 0.6 is 0 Å². The molecule has 1 N–H and O–H groups in total. The van der Waals surface area contributed by atoms with Crippen LogP contribution in [-0.2, 0) is 14.3 Å². The third-order valence-corrected chi connectivity index (χ3v) is 6.37. The van der Waals surface area contributed by atoms with Gasteiger partial charge in [-0.3, -0.25) is 19.4 Å². The summed E-state index contributed by atoms with van der Waals surface area (Å²) in [5.41, 5.74) is 4.06. The van der Waals surface area contributed by atoms with Gasteiger partial charge in [0.25, 0.3) is 5.56 Å². The molecule has 3 rings (SSSR count). The van der Waals surface area contributed by atoms with Gasteiger partial charge in [0.2, 0.25) is 5.91 Å². The number of esters is 1. The minimum Gasteiger partial charge on any atom is -0.466 e. The van der Waals surface area contributed by atoms with E-state index >= 15 is 0 Å². The van der Waals surface area contributed by atoms with Crippen LogP contribution in [-0.4, -0.2) is 28.0 Å². The number of hydrogen-bond acceptors (Lipinski definition) is 5. The standard InChI is InChI=1S/C30H36FN3O4/c1-7-38-28(36)17-24(22-8-10-32-25(16-22)29-20(5)14-23(31)15-21(29)6)33-30(37)26(12-18(2)3)34-11-9-19(4)13-27(34)35/h8-11,13-16,18,24,26H,7,12,17H2,1-6H3,(H,33,37)/t24-,26?/m0/s1. The van der Waals surface area contributed by atoms with Crippen LogP contribution in [0.3, 0.4) is 0 Å². The monoisotopic (exact) mass is 521 g/mol. The van der Waals surface area contributed by atoms with Crippen LogP contribution in [0.15, 0.2) is 53.6 Å². The number of nitrogens with zero attached hydrogens (tertiary/aromatic N) is 2. The molecule has 2 atom stereocenters. The second-order valence-electron chi connectivity index (χ2n) is 10.1. The third kappa shape index (κ3) is 7.15. The Labute approximate surface area is 223 Å². The lowest BCUT2D eigenvalue weighted by Gasteiger charge is -2.25. The number of ether oxygens (including phenoxy) is 1. The summed E-state index contributed by atoms with van der Waals surface area (Å²) in [4.78, 5) is 43.4. The van der Waals surface area contributed by atoms with Gasteiger partial charge in [-0.1, -0.05) is 13.8 Å². The van der Waals surface area contributed by atoms with E-state index in [0.717, 1.165) is 22.3 Å². The van der Waals surface area contributed by atoms with E-state index in [4.69, 9.17) is 4.74 Å². The van der Waals surface area contributed by atoms with Gasteiger partial charge >= 0.3 is 5.97 Å². The fraction of sp³-hybridized carbons (Fsp3) is 0.400. The molecule has 1 unspecified atom stereocenters. The zero-order chi connectivity index (χ0) is 28.0. The molecule has 1 amide bonds. The number of hydrogen-bond donors (Lipinski definition) is 1. The minimum absolute atomic E-state index is 0.0956. The van der Waals surface area contributed by atoms with E-state index in [1.54, 1.807) is 37.5 Å². The highest BCUT2D eigenvalue weighted by Gasteiger charge is 2.27. The summed E-state index contributed by atoms with van der Waals surface area (Å²) in [6.45, 7) is 11.4. The van der Waals surface area contributed by atoms with Crippen molar-refractivity contribution >= 4 is 11.9 Å². The number of amides is 1. The summed E-state index contributed by atoms with van der Waals surface area (Å²) in [6.07, 6.45) is 3.58. The Hall–Kier alpha value is -3.81. The highest BCUT2D eigenvalue weighted by atomic mass is 19.1. The number of aromatic nitrogens is 2. The number of benzene rings is 1. The van der Waals surface area contributed by atoms with Crippen LogP contribution in [0.2, 0.25) is 0 Å². The van der Waals surface area contributed by atoms with Gasteiger partial charge in [0.1, 0.15) is 11.9 Å². The molecule has 2 heterocycles. The molecule has 38 heavy (non-hydrogen) atoms. The maximum Gasteiger partial charge on any atom is 0.308 e. The van der Waals surface area contributed by atoms with E-state index in [1.165, 1.54) is 22.8 Å². The van der Waals surface area contributed by atoms with E-state index < -0.39 is 18.1 Å². The van der Waals surface area contributed by atoms with Crippen molar-refractivity contribution in [3.05, 3.63) is 87.2 Å². The first-order valence-electron chi connectivity index (χ1n) is 12.9. The number of aryl methyl sites for hydroxylation is 3. The van der Waals surface area contributed by atoms with Crippen molar-refractivity contribution in [3.8, 4) is 11.3 Å². The molecule has 0 bridgehead atoms. The van der Waals surface area contributed by atoms with Gasteiger partial charge in [-0.15, -0.1) is 0 Å². The summed E-state index contributed by atoms with van der Waals surface area (Å²) < 4.78 is 20.5. The minimum atomic E-state index is -0.754. The van der Waals surface area contributed by atoms with Crippen molar-refractivity contribution in [2.24, 2.45) is 5.92 Å². The van der Waals surface area contributed by atoms with Crippen molar-refractivity contribution in [1.82, 2.24) is 14.9 Å². The quantitative estimate of drug-likeness (QED) is 0.362. The summed E-state index contributed by atoms with van der Waals surface area (Å²) in [7, 11) is 0. The Morgan fingerprint density at radius 1 is 1.08 bits per heavy atom. The van der Waals surface area contributed by atoms with Gasteiger partial charge in [-0.2, -0.15) is 0 Å². The normalized spacial score (nSPS) is 12.7. The molecule has 0 aliphatic carbocycles. The average Bonchev–Trinajstić information content (AvgIpc) is 2.82. The molecule has 0 aliphatic heterocycles. The zero-order valence-electron chi connectivity index (χ0n) is 22.9. The maximum atomic E-state index is 13.9. The van der Waals surface area contributed by atoms with Gasteiger partial charge in [0.05, 0.1) is 24.8 Å². The molecule has 0 fully saturated rings. The number of rotatable bonds is 10. The van der Waals surface area contributed by atoms with Crippen LogP contribution in [0.25, 0.3) is 11.3 Å². The SMILES string of the molecule is CCOC(=O)C[C@H](NC(=O)C(CC(C)C)n1ccc(C)cc1=O)c1ccnc(-c2c(C)cc(F)cc2C)c1. The molecule has 0 saturated heterocycles. The lowest BCUT2D eigenvalue weighted by atomic mass is 9.96. The molecule has 202 valence electrons. The van der Waals surface area contributed by atoms with Crippen LogP contribution in [0, 0.1) is 32.5 Å². The third-order valence-electron chi connectivity index (χ3n) is 6.37. The van der Waals surface area contributed by atoms with Gasteiger partial charge in [0, 0.05) is 24.0 Å². The van der Waals surface area contributed by atoms with Gasteiger partial charge in [0.15, 0.2) is 0 Å². The summed E-state index contributed by atoms with van der Waals surface area (Å²) in [5, 5.41) is 3.00. The second kappa shape index (κ2) is 12.6. The average molecular weight is 522 g/mol. The molecule has 0 radical (unpaired) electrons. The molecule has 0 aliphatic rings. The summed E-state index contributed by atoms with van der Waals surface area (Å²) >= 11 is 0. The molecule has 3 aromatic rings. The van der Waals surface area contributed by atoms with Crippen LogP contribution in [0.1, 0.15) is 68.0 Å². The zero-order valence-corrected chi connectivity index (χ0v) is 22.9. The number of carbonyl (C=O) groups is 2. The largest absolute Gasteiger partial charge is 0.466 e. The van der Waals surface area contributed by atoms with E-state index in [2.05, 4.69) is 10.3 Å². The van der Waals surface area contributed by atoms with Crippen LogP contribution in [0.4, 0.5) is 4.39 Å². The van der Waals surface area contributed by atoms with Crippen LogP contribution in [0.5, 0.6) is 0 Å². The lowest BCUT2D eigenvalue weighted by molar-refractivity contribution is -0.144. The number of pyridine rings is 2. The Balaban J connectivity index is 2.02. The van der Waals surface area contributed by atoms with Gasteiger partial charge in [-0.05, 0) is 92.6 Å². The fourth-order valence-corrected chi connectivity index (χ4v) is 4.66. The number of carbonyl (C=O) groups excluding carboxylic acids is 2. The highest BCUT2D eigenvalue weighted by molar-refractivity contribution is 5.82. The van der Waals surface area contributed by atoms with E-state index in [-0.39, 0.29) is 36.2 Å². The lowest BCUT2D eigenvalue weighted by Crippen LogP contribution is -2.40.